The Labute approximate surface area is 210 Å². The number of methoxy groups -OCH3 is 1. The molecule has 1 aromatic carbocycles. The summed E-state index contributed by atoms with van der Waals surface area (Å²) in [4.78, 5) is 20.5. The van der Waals surface area contributed by atoms with Crippen molar-refractivity contribution in [2.45, 2.75) is 51.5 Å². The second kappa shape index (κ2) is 13.5. The zero-order valence-electron chi connectivity index (χ0n) is 21.3. The number of nitrogen functional groups attached to an aromatic ring is 1. The van der Waals surface area contributed by atoms with Crippen molar-refractivity contribution in [3.05, 3.63) is 22.7 Å². The third-order valence-corrected chi connectivity index (χ3v) is 7.84. The summed E-state index contributed by atoms with van der Waals surface area (Å²) in [6.07, 6.45) is 7.17. The smallest absolute Gasteiger partial charge is 0.255 e. The van der Waals surface area contributed by atoms with Gasteiger partial charge in [0.25, 0.3) is 5.91 Å². The fraction of sp³-hybridized carbons (Fsp3) is 0.731. The zero-order chi connectivity index (χ0) is 24.5. The minimum Gasteiger partial charge on any atom is -0.496 e. The first-order chi connectivity index (χ1) is 16.4. The van der Waals surface area contributed by atoms with Crippen molar-refractivity contribution < 1.29 is 9.53 Å². The molecule has 0 unspecified atom stereocenters. The normalized spacial score (nSPS) is 19.0. The van der Waals surface area contributed by atoms with Crippen molar-refractivity contribution in [2.75, 3.05) is 72.2 Å². The zero-order valence-corrected chi connectivity index (χ0v) is 22.1. The highest BCUT2D eigenvalue weighted by molar-refractivity contribution is 6.33. The summed E-state index contributed by atoms with van der Waals surface area (Å²) in [5.74, 6) is 1.11. The maximum absolute atomic E-state index is 12.8. The van der Waals surface area contributed by atoms with E-state index in [0.717, 1.165) is 38.4 Å². The van der Waals surface area contributed by atoms with Crippen LogP contribution in [0.15, 0.2) is 12.1 Å². The molecule has 3 N–H and O–H groups in total. The van der Waals surface area contributed by atoms with Gasteiger partial charge in [0.15, 0.2) is 0 Å². The number of benzene rings is 1. The van der Waals surface area contributed by atoms with Gasteiger partial charge in [-0.3, -0.25) is 4.79 Å². The number of anilines is 1. The summed E-state index contributed by atoms with van der Waals surface area (Å²) in [6, 6.07) is 3.38. The van der Waals surface area contributed by atoms with Crippen molar-refractivity contribution in [2.24, 2.45) is 5.92 Å². The SMILES string of the molecule is CCN(C)CCCCN1CCC(CN2CCC(NC(=O)c3cc(Cl)c(N)cc3OC)CC2)CC1. The fourth-order valence-corrected chi connectivity index (χ4v) is 5.24. The number of ether oxygens (including phenoxy) is 1. The van der Waals surface area contributed by atoms with Crippen LogP contribution in [0.3, 0.4) is 0 Å². The molecule has 2 aliphatic heterocycles. The number of nitrogens with zero attached hydrogens (tertiary/aromatic N) is 3. The second-order valence-electron chi connectivity index (χ2n) is 10.0. The van der Waals surface area contributed by atoms with E-state index < -0.39 is 0 Å². The van der Waals surface area contributed by atoms with Crippen LogP contribution in [0.5, 0.6) is 5.75 Å². The molecule has 0 aromatic heterocycles. The minimum absolute atomic E-state index is 0.147. The summed E-state index contributed by atoms with van der Waals surface area (Å²) in [5.41, 5.74) is 6.69. The molecule has 34 heavy (non-hydrogen) atoms. The lowest BCUT2D eigenvalue weighted by atomic mass is 9.94. The highest BCUT2D eigenvalue weighted by Crippen LogP contribution is 2.29. The van der Waals surface area contributed by atoms with Crippen molar-refractivity contribution in [3.63, 3.8) is 0 Å². The van der Waals surface area contributed by atoms with Crippen LogP contribution in [-0.2, 0) is 0 Å². The maximum Gasteiger partial charge on any atom is 0.255 e. The molecule has 2 fully saturated rings. The van der Waals surface area contributed by atoms with Gasteiger partial charge >= 0.3 is 0 Å². The van der Waals surface area contributed by atoms with E-state index in [1.54, 1.807) is 12.1 Å². The van der Waals surface area contributed by atoms with Gasteiger partial charge in [0.1, 0.15) is 5.75 Å². The lowest BCUT2D eigenvalue weighted by molar-refractivity contribution is 0.0887. The van der Waals surface area contributed by atoms with Gasteiger partial charge in [-0.25, -0.2) is 0 Å². The summed E-state index contributed by atoms with van der Waals surface area (Å²) in [7, 11) is 3.74. The molecule has 7 nitrogen and oxygen atoms in total. The molecule has 0 bridgehead atoms. The molecule has 192 valence electrons. The van der Waals surface area contributed by atoms with Crippen LogP contribution in [0.25, 0.3) is 0 Å². The summed E-state index contributed by atoms with van der Waals surface area (Å²) < 4.78 is 5.33. The van der Waals surface area contributed by atoms with E-state index in [2.05, 4.69) is 34.0 Å². The number of piperidine rings is 2. The van der Waals surface area contributed by atoms with Gasteiger partial charge in [0, 0.05) is 31.7 Å². The van der Waals surface area contributed by atoms with E-state index in [-0.39, 0.29) is 11.9 Å². The molecule has 1 aromatic rings. The monoisotopic (exact) mass is 493 g/mol. The molecule has 0 aliphatic carbocycles. The number of hydrogen-bond donors (Lipinski definition) is 2. The van der Waals surface area contributed by atoms with Crippen LogP contribution in [0.2, 0.25) is 5.02 Å². The number of unbranched alkanes of at least 4 members (excludes halogenated alkanes) is 1. The number of rotatable bonds is 11. The molecule has 8 heteroatoms. The predicted molar refractivity (Wildman–Crippen MR) is 141 cm³/mol. The Morgan fingerprint density at radius 3 is 2.47 bits per heavy atom. The molecule has 2 heterocycles. The average molecular weight is 494 g/mol. The summed E-state index contributed by atoms with van der Waals surface area (Å²) in [5, 5.41) is 3.54. The highest BCUT2D eigenvalue weighted by atomic mass is 35.5. The van der Waals surface area contributed by atoms with Crippen molar-refractivity contribution >= 4 is 23.2 Å². The van der Waals surface area contributed by atoms with Crippen LogP contribution in [0, 0.1) is 5.92 Å². The minimum atomic E-state index is -0.147. The lowest BCUT2D eigenvalue weighted by Gasteiger charge is -2.38. The number of carbonyl (C=O) groups excluding carboxylic acids is 1. The largest absolute Gasteiger partial charge is 0.496 e. The van der Waals surface area contributed by atoms with Crippen molar-refractivity contribution in [3.8, 4) is 5.75 Å². The number of halogens is 1. The van der Waals surface area contributed by atoms with E-state index in [0.29, 0.717) is 22.0 Å². The van der Waals surface area contributed by atoms with Gasteiger partial charge in [-0.15, -0.1) is 0 Å². The molecule has 0 atom stereocenters. The summed E-state index contributed by atoms with van der Waals surface area (Å²) >= 11 is 6.13. The Balaban J connectivity index is 1.34. The number of nitrogens with one attached hydrogen (secondary N) is 1. The molecule has 3 rings (SSSR count). The van der Waals surface area contributed by atoms with E-state index in [4.69, 9.17) is 22.1 Å². The Morgan fingerprint density at radius 1 is 1.15 bits per heavy atom. The molecule has 2 saturated heterocycles. The van der Waals surface area contributed by atoms with Crippen LogP contribution in [0.1, 0.15) is 55.8 Å². The lowest BCUT2D eigenvalue weighted by Crippen LogP contribution is -2.47. The standard InChI is InChI=1S/C26H44ClN5O2/c1-4-30(2)11-5-6-12-31-13-7-20(8-14-31)19-32-15-9-21(10-16-32)29-26(33)22-17-23(27)24(28)18-25(22)34-3/h17-18,20-21H,4-16,19,28H2,1-3H3,(H,29,33). The van der Waals surface area contributed by atoms with E-state index in [1.807, 2.05) is 0 Å². The number of likely N-dealkylation sites (tertiary alicyclic amines) is 2. The molecule has 0 spiro atoms. The summed E-state index contributed by atoms with van der Waals surface area (Å²) in [6.45, 7) is 11.6. The van der Waals surface area contributed by atoms with Crippen LogP contribution >= 0.6 is 11.6 Å². The molecule has 2 aliphatic rings. The van der Waals surface area contributed by atoms with Gasteiger partial charge in [-0.1, -0.05) is 18.5 Å². The Bertz CT molecular complexity index is 777. The first-order valence-electron chi connectivity index (χ1n) is 13.0. The van der Waals surface area contributed by atoms with Crippen molar-refractivity contribution in [1.82, 2.24) is 20.0 Å². The number of carbonyl (C=O) groups is 1. The first-order valence-corrected chi connectivity index (χ1v) is 13.3. The predicted octanol–water partition coefficient (Wildman–Crippen LogP) is 3.57. The highest BCUT2D eigenvalue weighted by Gasteiger charge is 2.26. The van der Waals surface area contributed by atoms with Crippen LogP contribution in [-0.4, -0.2) is 93.2 Å². The molecular formula is C26H44ClN5O2. The van der Waals surface area contributed by atoms with Gasteiger partial charge in [0.05, 0.1) is 23.4 Å². The van der Waals surface area contributed by atoms with E-state index in [9.17, 15) is 4.79 Å². The molecular weight excluding hydrogens is 450 g/mol. The topological polar surface area (TPSA) is 74.1 Å². The number of hydrogen-bond acceptors (Lipinski definition) is 6. The Morgan fingerprint density at radius 2 is 1.82 bits per heavy atom. The molecule has 1 amide bonds. The Hall–Kier alpha value is -1.54. The first kappa shape index (κ1) is 27.1. The Kier molecular flexibility index (Phi) is 10.8. The van der Waals surface area contributed by atoms with Gasteiger partial charge < -0.3 is 30.5 Å². The molecule has 0 saturated carbocycles. The maximum atomic E-state index is 12.8. The average Bonchev–Trinajstić information content (AvgIpc) is 2.85. The van der Waals surface area contributed by atoms with Crippen molar-refractivity contribution in [1.29, 1.82) is 0 Å². The third kappa shape index (κ3) is 8.01. The third-order valence-electron chi connectivity index (χ3n) is 7.51. The van der Waals surface area contributed by atoms with Crippen LogP contribution in [0.4, 0.5) is 5.69 Å². The number of amides is 1. The fourth-order valence-electron chi connectivity index (χ4n) is 5.07. The van der Waals surface area contributed by atoms with Gasteiger partial charge in [-0.2, -0.15) is 0 Å². The molecule has 0 radical (unpaired) electrons. The number of nitrogens with two attached hydrogens (primary N) is 1. The van der Waals surface area contributed by atoms with E-state index >= 15 is 0 Å². The van der Waals surface area contributed by atoms with Gasteiger partial charge in [-0.05, 0) is 90.3 Å². The second-order valence-corrected chi connectivity index (χ2v) is 10.4. The van der Waals surface area contributed by atoms with Crippen LogP contribution < -0.4 is 15.8 Å². The van der Waals surface area contributed by atoms with Gasteiger partial charge in [0.2, 0.25) is 0 Å². The quantitative estimate of drug-likeness (QED) is 0.362. The van der Waals surface area contributed by atoms with E-state index in [1.165, 1.54) is 65.5 Å².